The topological polar surface area (TPSA) is 72.2 Å². The van der Waals surface area contributed by atoms with Crippen LogP contribution in [0.4, 0.5) is 5.69 Å². The average molecular weight is 334 g/mol. The van der Waals surface area contributed by atoms with Gasteiger partial charge in [0, 0.05) is 23.6 Å². The molecule has 0 radical (unpaired) electrons. The number of nitro groups is 1. The molecule has 2 aromatic carbocycles. The molecule has 5 heteroatoms. The van der Waals surface area contributed by atoms with E-state index >= 15 is 0 Å². The zero-order valence-corrected chi connectivity index (χ0v) is 13.9. The molecule has 1 aliphatic carbocycles. The summed E-state index contributed by atoms with van der Waals surface area (Å²) in [5, 5.41) is 14.1. The summed E-state index contributed by atoms with van der Waals surface area (Å²) in [7, 11) is 0. The van der Waals surface area contributed by atoms with Gasteiger partial charge in [0.25, 0.3) is 5.69 Å². The number of fused-ring (bicyclic) bond motifs is 3. The predicted molar refractivity (Wildman–Crippen MR) is 95.3 cm³/mol. The quantitative estimate of drug-likeness (QED) is 0.674. The van der Waals surface area contributed by atoms with Crippen molar-refractivity contribution in [3.63, 3.8) is 0 Å². The molecule has 1 aliphatic heterocycles. The molecule has 2 aliphatic rings. The molecule has 0 bridgehead atoms. The van der Waals surface area contributed by atoms with E-state index < -0.39 is 0 Å². The number of rotatable bonds is 2. The van der Waals surface area contributed by atoms with E-state index in [0.717, 1.165) is 24.0 Å². The fraction of sp³-hybridized carbons (Fsp3) is 0.250. The van der Waals surface area contributed by atoms with Crippen molar-refractivity contribution in [2.45, 2.75) is 31.2 Å². The molecule has 2 atom stereocenters. The highest BCUT2D eigenvalue weighted by molar-refractivity contribution is 5.89. The Morgan fingerprint density at radius 3 is 2.80 bits per heavy atom. The monoisotopic (exact) mass is 334 g/mol. The maximum absolute atomic E-state index is 11.6. The van der Waals surface area contributed by atoms with E-state index in [0.29, 0.717) is 0 Å². The Kier molecular flexibility index (Phi) is 3.46. The van der Waals surface area contributed by atoms with Gasteiger partial charge in [-0.2, -0.15) is 0 Å². The Bertz CT molecular complexity index is 919. The highest BCUT2D eigenvalue weighted by Gasteiger charge is 2.41. The second-order valence-corrected chi connectivity index (χ2v) is 6.90. The first-order chi connectivity index (χ1) is 12.0. The highest BCUT2D eigenvalue weighted by atomic mass is 16.6. The van der Waals surface area contributed by atoms with Crippen molar-refractivity contribution in [3.05, 3.63) is 75.9 Å². The number of non-ortho nitro benzene ring substituents is 1. The molecule has 0 aromatic heterocycles. The van der Waals surface area contributed by atoms with Gasteiger partial charge in [-0.3, -0.25) is 14.9 Å². The lowest BCUT2D eigenvalue weighted by atomic mass is 9.66. The fourth-order valence-corrected chi connectivity index (χ4v) is 3.99. The van der Waals surface area contributed by atoms with Crippen molar-refractivity contribution in [1.29, 1.82) is 0 Å². The van der Waals surface area contributed by atoms with Gasteiger partial charge in [0.05, 0.1) is 4.92 Å². The summed E-state index contributed by atoms with van der Waals surface area (Å²) in [5.41, 5.74) is 4.17. The summed E-state index contributed by atoms with van der Waals surface area (Å²) >= 11 is 0. The molecular weight excluding hydrogens is 316 g/mol. The second kappa shape index (κ2) is 5.55. The first-order valence-corrected chi connectivity index (χ1v) is 8.35. The van der Waals surface area contributed by atoms with Crippen LogP contribution in [0.5, 0.6) is 0 Å². The zero-order chi connectivity index (χ0) is 17.6. The van der Waals surface area contributed by atoms with Gasteiger partial charge in [-0.25, -0.2) is 0 Å². The van der Waals surface area contributed by atoms with Crippen LogP contribution in [-0.2, 0) is 16.6 Å². The summed E-state index contributed by atoms with van der Waals surface area (Å²) in [6.45, 7) is 2.15. The third-order valence-electron chi connectivity index (χ3n) is 5.40. The SMILES string of the molecule is C[C@]12C=CC(=O)N[C@@H]1CCc1cc(-c3cccc([N+](=O)[O-])c3)ccc12. The molecule has 0 fully saturated rings. The van der Waals surface area contributed by atoms with Crippen molar-refractivity contribution >= 4 is 11.6 Å². The lowest BCUT2D eigenvalue weighted by molar-refractivity contribution is -0.384. The van der Waals surface area contributed by atoms with Crippen LogP contribution >= 0.6 is 0 Å². The molecular formula is C20H18N2O3. The van der Waals surface area contributed by atoms with E-state index in [1.54, 1.807) is 18.2 Å². The van der Waals surface area contributed by atoms with Crippen molar-refractivity contribution in [3.8, 4) is 11.1 Å². The smallest absolute Gasteiger partial charge is 0.270 e. The second-order valence-electron chi connectivity index (χ2n) is 6.90. The Morgan fingerprint density at radius 1 is 1.20 bits per heavy atom. The molecule has 1 heterocycles. The van der Waals surface area contributed by atoms with Crippen LogP contribution in [0.15, 0.2) is 54.6 Å². The van der Waals surface area contributed by atoms with Gasteiger partial charge in [0.2, 0.25) is 5.91 Å². The predicted octanol–water partition coefficient (Wildman–Crippen LogP) is 3.52. The van der Waals surface area contributed by atoms with Crippen LogP contribution in [0.2, 0.25) is 0 Å². The Labute approximate surface area is 145 Å². The molecule has 0 unspecified atom stereocenters. The average Bonchev–Trinajstić information content (AvgIpc) is 2.62. The fourth-order valence-electron chi connectivity index (χ4n) is 3.99. The molecule has 0 spiro atoms. The number of hydrogen-bond donors (Lipinski definition) is 1. The van der Waals surface area contributed by atoms with Crippen LogP contribution in [0.3, 0.4) is 0 Å². The minimum Gasteiger partial charge on any atom is -0.349 e. The van der Waals surface area contributed by atoms with E-state index in [4.69, 9.17) is 0 Å². The Balaban J connectivity index is 1.77. The molecule has 4 rings (SSSR count). The molecule has 0 saturated carbocycles. The number of amides is 1. The summed E-state index contributed by atoms with van der Waals surface area (Å²) in [5.74, 6) is -0.0286. The van der Waals surface area contributed by atoms with E-state index in [1.165, 1.54) is 17.2 Å². The molecule has 1 amide bonds. The third-order valence-corrected chi connectivity index (χ3v) is 5.40. The number of carbonyl (C=O) groups is 1. The maximum Gasteiger partial charge on any atom is 0.270 e. The normalized spacial score (nSPS) is 24.2. The molecule has 2 aromatic rings. The van der Waals surface area contributed by atoms with Crippen LogP contribution in [0.1, 0.15) is 24.5 Å². The minimum atomic E-state index is -0.372. The van der Waals surface area contributed by atoms with E-state index in [-0.39, 0.29) is 28.0 Å². The summed E-state index contributed by atoms with van der Waals surface area (Å²) in [6, 6.07) is 13.1. The van der Waals surface area contributed by atoms with Gasteiger partial charge in [0.1, 0.15) is 0 Å². The number of nitrogens with one attached hydrogen (secondary N) is 1. The highest BCUT2D eigenvalue weighted by Crippen LogP contribution is 2.41. The number of carbonyl (C=O) groups excluding carboxylic acids is 1. The zero-order valence-electron chi connectivity index (χ0n) is 13.9. The lowest BCUT2D eigenvalue weighted by Crippen LogP contribution is -2.53. The van der Waals surface area contributed by atoms with Crippen molar-refractivity contribution in [1.82, 2.24) is 5.32 Å². The number of nitrogens with zero attached hydrogens (tertiary/aromatic N) is 1. The Morgan fingerprint density at radius 2 is 2.00 bits per heavy atom. The van der Waals surface area contributed by atoms with Gasteiger partial charge < -0.3 is 5.32 Å². The maximum atomic E-state index is 11.6. The van der Waals surface area contributed by atoms with Gasteiger partial charge in [-0.15, -0.1) is 0 Å². The molecule has 1 N–H and O–H groups in total. The van der Waals surface area contributed by atoms with Gasteiger partial charge in [0.15, 0.2) is 0 Å². The molecule has 5 nitrogen and oxygen atoms in total. The summed E-state index contributed by atoms with van der Waals surface area (Å²) in [4.78, 5) is 22.3. The standard InChI is InChI=1S/C20H18N2O3/c1-20-10-9-19(23)21-18(20)8-6-15-11-14(5-7-17(15)20)13-3-2-4-16(12-13)22(24)25/h2-5,7,9-12,18H,6,8H2,1H3,(H,21,23)/t18-,20-/m1/s1. The largest absolute Gasteiger partial charge is 0.349 e. The number of benzene rings is 2. The lowest BCUT2D eigenvalue weighted by Gasteiger charge is -2.43. The number of nitro benzene ring substituents is 1. The number of hydrogen-bond acceptors (Lipinski definition) is 3. The number of aryl methyl sites for hydroxylation is 1. The van der Waals surface area contributed by atoms with Crippen LogP contribution in [0.25, 0.3) is 11.1 Å². The van der Waals surface area contributed by atoms with Crippen LogP contribution in [-0.4, -0.2) is 16.9 Å². The first-order valence-electron chi connectivity index (χ1n) is 8.35. The minimum absolute atomic E-state index is 0.0286. The van der Waals surface area contributed by atoms with E-state index in [2.05, 4.69) is 24.4 Å². The van der Waals surface area contributed by atoms with Gasteiger partial charge in [-0.1, -0.05) is 36.4 Å². The molecule has 0 saturated heterocycles. The van der Waals surface area contributed by atoms with Crippen LogP contribution < -0.4 is 5.32 Å². The van der Waals surface area contributed by atoms with E-state index in [1.807, 2.05) is 18.2 Å². The molecule has 126 valence electrons. The van der Waals surface area contributed by atoms with Crippen molar-refractivity contribution < 1.29 is 9.72 Å². The first kappa shape index (κ1) is 15.6. The Hall–Kier alpha value is -2.95. The summed E-state index contributed by atoms with van der Waals surface area (Å²) in [6.07, 6.45) is 5.38. The van der Waals surface area contributed by atoms with Crippen molar-refractivity contribution in [2.24, 2.45) is 0 Å². The van der Waals surface area contributed by atoms with Gasteiger partial charge >= 0.3 is 0 Å². The van der Waals surface area contributed by atoms with Crippen molar-refractivity contribution in [2.75, 3.05) is 0 Å². The van der Waals surface area contributed by atoms with Crippen LogP contribution in [0, 0.1) is 10.1 Å². The summed E-state index contributed by atoms with van der Waals surface area (Å²) < 4.78 is 0. The van der Waals surface area contributed by atoms with Gasteiger partial charge in [-0.05, 0) is 48.1 Å². The third kappa shape index (κ3) is 2.52. The van der Waals surface area contributed by atoms with E-state index in [9.17, 15) is 14.9 Å². The molecule has 25 heavy (non-hydrogen) atoms.